The molecule has 3 atom stereocenters. The van der Waals surface area contributed by atoms with Crippen LogP contribution in [0.1, 0.15) is 13.3 Å². The van der Waals surface area contributed by atoms with Crippen LogP contribution >= 0.6 is 0 Å². The summed E-state index contributed by atoms with van der Waals surface area (Å²) in [4.78, 5) is 1.97. The molecule has 1 N–H and O–H groups in total. The molecule has 82 valence electrons. The average molecular weight is 204 g/mol. The topological polar surface area (TPSA) is 15.3 Å². The first-order chi connectivity index (χ1) is 6.68. The maximum absolute atomic E-state index is 12.7. The van der Waals surface area contributed by atoms with E-state index in [0.717, 1.165) is 25.6 Å². The molecule has 4 heteroatoms. The van der Waals surface area contributed by atoms with Crippen LogP contribution in [0.25, 0.3) is 0 Å². The third kappa shape index (κ3) is 2.23. The fourth-order valence-corrected chi connectivity index (χ4v) is 2.20. The molecule has 0 radical (unpaired) electrons. The van der Waals surface area contributed by atoms with Gasteiger partial charge in [-0.3, -0.25) is 4.90 Å². The molecule has 1 saturated heterocycles. The van der Waals surface area contributed by atoms with Gasteiger partial charge in [0.2, 0.25) is 0 Å². The molecule has 0 aromatic heterocycles. The summed E-state index contributed by atoms with van der Waals surface area (Å²) < 4.78 is 25.3. The number of halogens is 2. The van der Waals surface area contributed by atoms with Gasteiger partial charge in [0, 0.05) is 26.2 Å². The summed E-state index contributed by atoms with van der Waals surface area (Å²) in [6, 6.07) is -0.559. The van der Waals surface area contributed by atoms with E-state index in [1.165, 1.54) is 6.42 Å². The quantitative estimate of drug-likeness (QED) is 0.742. The van der Waals surface area contributed by atoms with Crippen molar-refractivity contribution in [1.29, 1.82) is 0 Å². The second kappa shape index (κ2) is 4.11. The van der Waals surface area contributed by atoms with Crippen molar-refractivity contribution in [2.45, 2.75) is 25.8 Å². The highest BCUT2D eigenvalue weighted by Crippen LogP contribution is 2.38. The number of hydrogen-bond donors (Lipinski definition) is 1. The summed E-state index contributed by atoms with van der Waals surface area (Å²) in [6.45, 7) is 5.14. The smallest absolute Gasteiger partial charge is 0.255 e. The molecule has 0 bridgehead atoms. The van der Waals surface area contributed by atoms with Crippen LogP contribution in [0.15, 0.2) is 0 Å². The molecule has 3 unspecified atom stereocenters. The van der Waals surface area contributed by atoms with Gasteiger partial charge < -0.3 is 5.32 Å². The summed E-state index contributed by atoms with van der Waals surface area (Å²) >= 11 is 0. The molecule has 14 heavy (non-hydrogen) atoms. The second-order valence-electron chi connectivity index (χ2n) is 4.57. The highest BCUT2D eigenvalue weighted by molar-refractivity contribution is 4.90. The minimum atomic E-state index is -2.21. The van der Waals surface area contributed by atoms with Gasteiger partial charge in [-0.1, -0.05) is 6.92 Å². The van der Waals surface area contributed by atoms with Crippen LogP contribution in [0, 0.1) is 11.8 Å². The van der Waals surface area contributed by atoms with Crippen LogP contribution in [0.5, 0.6) is 0 Å². The molecule has 2 nitrogen and oxygen atoms in total. The Hall–Kier alpha value is -0.220. The molecule has 0 amide bonds. The fraction of sp³-hybridized carbons (Fsp3) is 1.00. The van der Waals surface area contributed by atoms with Gasteiger partial charge in [0.1, 0.15) is 0 Å². The molecule has 0 aromatic carbocycles. The van der Waals surface area contributed by atoms with E-state index < -0.39 is 12.5 Å². The lowest BCUT2D eigenvalue weighted by molar-refractivity contribution is 0.00969. The largest absolute Gasteiger partial charge is 0.314 e. The van der Waals surface area contributed by atoms with Crippen molar-refractivity contribution in [2.75, 3.05) is 26.2 Å². The van der Waals surface area contributed by atoms with Crippen molar-refractivity contribution >= 4 is 0 Å². The first-order valence-corrected chi connectivity index (χ1v) is 5.41. The molecular weight excluding hydrogens is 186 g/mol. The molecule has 0 spiro atoms. The van der Waals surface area contributed by atoms with Gasteiger partial charge in [0.25, 0.3) is 6.43 Å². The number of alkyl halides is 2. The maximum Gasteiger partial charge on any atom is 0.255 e. The van der Waals surface area contributed by atoms with Crippen molar-refractivity contribution in [3.63, 3.8) is 0 Å². The van der Waals surface area contributed by atoms with Crippen LogP contribution < -0.4 is 5.32 Å². The fourth-order valence-electron chi connectivity index (χ4n) is 2.20. The van der Waals surface area contributed by atoms with Gasteiger partial charge in [-0.05, 0) is 18.3 Å². The lowest BCUT2D eigenvalue weighted by atomic mass is 10.1. The predicted molar refractivity (Wildman–Crippen MR) is 51.5 cm³/mol. The highest BCUT2D eigenvalue weighted by atomic mass is 19.3. The Morgan fingerprint density at radius 3 is 2.79 bits per heavy atom. The van der Waals surface area contributed by atoms with Crippen molar-refractivity contribution in [2.24, 2.45) is 11.8 Å². The van der Waals surface area contributed by atoms with Gasteiger partial charge >= 0.3 is 0 Å². The van der Waals surface area contributed by atoms with Gasteiger partial charge in [-0.25, -0.2) is 8.78 Å². The molecule has 0 aromatic rings. The van der Waals surface area contributed by atoms with E-state index in [1.54, 1.807) is 0 Å². The van der Waals surface area contributed by atoms with Crippen molar-refractivity contribution < 1.29 is 8.78 Å². The van der Waals surface area contributed by atoms with Gasteiger partial charge in [0.05, 0.1) is 6.04 Å². The minimum Gasteiger partial charge on any atom is -0.314 e. The molecule has 1 aliphatic heterocycles. The van der Waals surface area contributed by atoms with E-state index in [4.69, 9.17) is 0 Å². The number of hydrogen-bond acceptors (Lipinski definition) is 2. The van der Waals surface area contributed by atoms with Crippen LogP contribution in [-0.2, 0) is 0 Å². The Morgan fingerprint density at radius 2 is 2.21 bits per heavy atom. The summed E-state index contributed by atoms with van der Waals surface area (Å²) in [6.07, 6.45) is -0.989. The minimum absolute atomic E-state index is 0.443. The maximum atomic E-state index is 12.7. The summed E-state index contributed by atoms with van der Waals surface area (Å²) in [5.41, 5.74) is 0. The van der Waals surface area contributed by atoms with E-state index in [2.05, 4.69) is 12.2 Å². The first kappa shape index (κ1) is 10.3. The Balaban J connectivity index is 1.86. The zero-order valence-electron chi connectivity index (χ0n) is 8.55. The average Bonchev–Trinajstić information content (AvgIpc) is 2.82. The van der Waals surface area contributed by atoms with Crippen LogP contribution in [-0.4, -0.2) is 43.5 Å². The van der Waals surface area contributed by atoms with E-state index in [-0.39, 0.29) is 0 Å². The molecule has 2 fully saturated rings. The van der Waals surface area contributed by atoms with Crippen molar-refractivity contribution in [3.05, 3.63) is 0 Å². The van der Waals surface area contributed by atoms with E-state index >= 15 is 0 Å². The summed E-state index contributed by atoms with van der Waals surface area (Å²) in [7, 11) is 0. The van der Waals surface area contributed by atoms with Crippen LogP contribution in [0.4, 0.5) is 8.78 Å². The van der Waals surface area contributed by atoms with Gasteiger partial charge in [-0.2, -0.15) is 0 Å². The normalized spacial score (nSPS) is 39.0. The van der Waals surface area contributed by atoms with E-state index in [9.17, 15) is 8.78 Å². The van der Waals surface area contributed by atoms with Gasteiger partial charge in [-0.15, -0.1) is 0 Å². The highest BCUT2D eigenvalue weighted by Gasteiger charge is 2.38. The monoisotopic (exact) mass is 204 g/mol. The first-order valence-electron chi connectivity index (χ1n) is 5.41. The van der Waals surface area contributed by atoms with Crippen molar-refractivity contribution in [1.82, 2.24) is 10.2 Å². The van der Waals surface area contributed by atoms with E-state index in [1.807, 2.05) is 4.90 Å². The van der Waals surface area contributed by atoms with Crippen LogP contribution in [0.2, 0.25) is 0 Å². The Bertz CT molecular complexity index is 199. The molecule has 1 aliphatic carbocycles. The van der Waals surface area contributed by atoms with E-state index in [0.29, 0.717) is 12.5 Å². The Kier molecular flexibility index (Phi) is 3.02. The lowest BCUT2D eigenvalue weighted by Crippen LogP contribution is -2.55. The molecule has 2 rings (SSSR count). The Labute approximate surface area is 83.7 Å². The number of piperazine rings is 1. The molecule has 1 heterocycles. The Morgan fingerprint density at radius 1 is 1.50 bits per heavy atom. The number of nitrogens with zero attached hydrogens (tertiary/aromatic N) is 1. The third-order valence-corrected chi connectivity index (χ3v) is 3.43. The van der Waals surface area contributed by atoms with Crippen LogP contribution in [0.3, 0.4) is 0 Å². The SMILES string of the molecule is CC1CC1CN1CCNCC1C(F)F. The third-order valence-electron chi connectivity index (χ3n) is 3.43. The molecular formula is C10H18F2N2. The zero-order valence-corrected chi connectivity index (χ0v) is 8.55. The summed E-state index contributed by atoms with van der Waals surface area (Å²) in [5, 5.41) is 3.03. The second-order valence-corrected chi connectivity index (χ2v) is 4.57. The zero-order chi connectivity index (χ0) is 10.1. The predicted octanol–water partition coefficient (Wildman–Crippen LogP) is 1.18. The van der Waals surface area contributed by atoms with Crippen molar-refractivity contribution in [3.8, 4) is 0 Å². The lowest BCUT2D eigenvalue weighted by Gasteiger charge is -2.35. The standard InChI is InChI=1S/C10H18F2N2/c1-7-4-8(7)6-14-3-2-13-5-9(14)10(11)12/h7-10,13H,2-6H2,1H3. The van der Waals surface area contributed by atoms with Gasteiger partial charge in [0.15, 0.2) is 0 Å². The number of nitrogens with one attached hydrogen (secondary N) is 1. The molecule has 1 saturated carbocycles. The summed E-state index contributed by atoms with van der Waals surface area (Å²) in [5.74, 6) is 1.43. The molecule has 2 aliphatic rings. The number of rotatable bonds is 3.